The van der Waals surface area contributed by atoms with Gasteiger partial charge < -0.3 is 8.67 Å². The number of carbonyl (C=O) groups is 1. The predicted octanol–water partition coefficient (Wildman–Crippen LogP) is 4.30. The summed E-state index contributed by atoms with van der Waals surface area (Å²) in [5, 5.41) is 0. The van der Waals surface area contributed by atoms with Crippen molar-refractivity contribution < 1.29 is 21.9 Å². The van der Waals surface area contributed by atoms with Crippen LogP contribution in [0.2, 0.25) is 0 Å². The van der Waals surface area contributed by atoms with Gasteiger partial charge in [0.1, 0.15) is 12.3 Å². The molecule has 0 fully saturated rings. The summed E-state index contributed by atoms with van der Waals surface area (Å²) in [4.78, 5) is 10.4. The minimum Gasteiger partial charge on any atom is -0.371 e. The second-order valence-corrected chi connectivity index (χ2v) is 9.46. The Morgan fingerprint density at radius 2 is 1.55 bits per heavy atom. The highest BCUT2D eigenvalue weighted by Gasteiger charge is 2.20. The number of nitrogens with one attached hydrogen (secondary N) is 1. The number of nitrogens with zero attached hydrogens (tertiary/aromatic N) is 1. The Bertz CT molecular complexity index is 743. The molecule has 0 saturated carbocycles. The lowest BCUT2D eigenvalue weighted by atomic mass is 10.1. The molecule has 0 atom stereocenters. The lowest BCUT2D eigenvalue weighted by molar-refractivity contribution is -0.903. The zero-order valence-electron chi connectivity index (χ0n) is 18.3. The standard InChI is InChI=1S/C18H32N.C4H5NO4S/c1-4-5-6-7-8-9-13-16-19(2,3)17-18-14-11-10-12-15-18;1-3-2-4(6)5-10(7,8)9-3/h10-12,14-15H,4-9,13,16-17H2,1-3H3;2H,1H3,(H,5,6)/q+1;. The summed E-state index contributed by atoms with van der Waals surface area (Å²) in [6.07, 6.45) is 10.9. The molecule has 1 aliphatic heterocycles. The molecule has 0 bridgehead atoms. The number of hydrogen-bond acceptors (Lipinski definition) is 4. The Balaban J connectivity index is 0.000000352. The maximum atomic E-state index is 10.5. The van der Waals surface area contributed by atoms with Gasteiger partial charge in [0.25, 0.3) is 5.91 Å². The molecule has 1 aromatic rings. The van der Waals surface area contributed by atoms with Crippen LogP contribution in [-0.4, -0.2) is 39.4 Å². The van der Waals surface area contributed by atoms with E-state index < -0.39 is 16.2 Å². The minimum atomic E-state index is -3.85. The fraction of sp³-hybridized carbons (Fsp3) is 0.591. The fourth-order valence-electron chi connectivity index (χ4n) is 3.21. The molecule has 6 nitrogen and oxygen atoms in total. The number of unbranched alkanes of at least 4 members (excludes halogenated alkanes) is 6. The highest BCUT2D eigenvalue weighted by atomic mass is 32.2. The predicted molar refractivity (Wildman–Crippen MR) is 117 cm³/mol. The zero-order chi connectivity index (χ0) is 21.8. The van der Waals surface area contributed by atoms with Crippen LogP contribution in [0.15, 0.2) is 42.2 Å². The molecule has 0 radical (unpaired) electrons. The maximum Gasteiger partial charge on any atom is 0.409 e. The van der Waals surface area contributed by atoms with Gasteiger partial charge in [-0.15, -0.1) is 0 Å². The number of amides is 1. The van der Waals surface area contributed by atoms with Crippen LogP contribution in [0.25, 0.3) is 0 Å². The number of rotatable bonds is 10. The molecule has 0 saturated heterocycles. The highest BCUT2D eigenvalue weighted by molar-refractivity contribution is 7.85. The zero-order valence-corrected chi connectivity index (χ0v) is 19.1. The van der Waals surface area contributed by atoms with Crippen molar-refractivity contribution in [2.24, 2.45) is 0 Å². The average Bonchev–Trinajstić information content (AvgIpc) is 2.60. The second-order valence-electron chi connectivity index (χ2n) is 8.18. The van der Waals surface area contributed by atoms with Gasteiger partial charge >= 0.3 is 10.3 Å². The summed E-state index contributed by atoms with van der Waals surface area (Å²) in [5.74, 6) is -0.604. The normalized spacial score (nSPS) is 15.4. The number of quaternary nitrogens is 1. The Morgan fingerprint density at radius 1 is 0.966 bits per heavy atom. The van der Waals surface area contributed by atoms with E-state index in [-0.39, 0.29) is 5.76 Å². The van der Waals surface area contributed by atoms with Crippen molar-refractivity contribution in [2.45, 2.75) is 65.3 Å². The van der Waals surface area contributed by atoms with E-state index >= 15 is 0 Å². The van der Waals surface area contributed by atoms with Gasteiger partial charge in [-0.3, -0.25) is 4.79 Å². The van der Waals surface area contributed by atoms with Crippen LogP contribution in [-0.2, 0) is 25.8 Å². The molecule has 0 aliphatic carbocycles. The molecule has 0 unspecified atom stereocenters. The van der Waals surface area contributed by atoms with Gasteiger partial charge in [0, 0.05) is 11.6 Å². The van der Waals surface area contributed by atoms with E-state index in [4.69, 9.17) is 0 Å². The molecule has 2 rings (SSSR count). The van der Waals surface area contributed by atoms with E-state index in [1.807, 2.05) is 0 Å². The summed E-state index contributed by atoms with van der Waals surface area (Å²) in [7, 11) is 0.854. The molecule has 164 valence electrons. The number of carbonyl (C=O) groups excluding carboxylic acids is 1. The second kappa shape index (κ2) is 12.6. The summed E-state index contributed by atoms with van der Waals surface area (Å²) in [5.41, 5.74) is 1.45. The molecular weight excluding hydrogens is 388 g/mol. The summed E-state index contributed by atoms with van der Waals surface area (Å²) >= 11 is 0. The lowest BCUT2D eigenvalue weighted by Gasteiger charge is -2.30. The molecular formula is C22H37N2O4S+. The summed E-state index contributed by atoms with van der Waals surface area (Å²) < 4.78 is 27.9. The van der Waals surface area contributed by atoms with Crippen LogP contribution in [0.1, 0.15) is 64.4 Å². The van der Waals surface area contributed by atoms with E-state index in [0.29, 0.717) is 0 Å². The highest BCUT2D eigenvalue weighted by Crippen LogP contribution is 2.13. The molecule has 29 heavy (non-hydrogen) atoms. The van der Waals surface area contributed by atoms with Crippen LogP contribution in [0.3, 0.4) is 0 Å². The minimum absolute atomic E-state index is 0.0729. The Hall–Kier alpha value is -1.86. The molecule has 1 aliphatic rings. The van der Waals surface area contributed by atoms with Crippen LogP contribution >= 0.6 is 0 Å². The van der Waals surface area contributed by atoms with Crippen LogP contribution in [0.4, 0.5) is 0 Å². The van der Waals surface area contributed by atoms with Crippen molar-refractivity contribution in [1.29, 1.82) is 0 Å². The lowest BCUT2D eigenvalue weighted by Crippen LogP contribution is -2.39. The Kier molecular flexibility index (Phi) is 11.0. The SMILES string of the molecule is CC1=CC(=O)NS(=O)(=O)O1.CCCCCCCCC[N+](C)(C)Cc1ccccc1. The van der Waals surface area contributed by atoms with Crippen LogP contribution < -0.4 is 4.72 Å². The Labute approximate surface area is 176 Å². The van der Waals surface area contributed by atoms with Crippen molar-refractivity contribution >= 4 is 16.2 Å². The topological polar surface area (TPSA) is 72.5 Å². The van der Waals surface area contributed by atoms with Crippen molar-refractivity contribution in [2.75, 3.05) is 20.6 Å². The number of allylic oxidation sites excluding steroid dienone is 1. The summed E-state index contributed by atoms with van der Waals surface area (Å²) in [6.45, 7) is 6.11. The van der Waals surface area contributed by atoms with Gasteiger partial charge in [0.2, 0.25) is 0 Å². The van der Waals surface area contributed by atoms with Crippen molar-refractivity contribution in [3.05, 3.63) is 47.7 Å². The first-order valence-corrected chi connectivity index (χ1v) is 11.8. The number of benzene rings is 1. The molecule has 0 aromatic heterocycles. The fourth-order valence-corrected chi connectivity index (χ4v) is 3.95. The van der Waals surface area contributed by atoms with E-state index in [0.717, 1.165) is 17.1 Å². The quantitative estimate of drug-likeness (QED) is 0.448. The third-order valence-electron chi connectivity index (χ3n) is 4.62. The molecule has 1 aromatic carbocycles. The molecule has 1 N–H and O–H groups in total. The van der Waals surface area contributed by atoms with Gasteiger partial charge in [0.15, 0.2) is 0 Å². The monoisotopic (exact) mass is 425 g/mol. The van der Waals surface area contributed by atoms with Gasteiger partial charge in [-0.1, -0.05) is 69.4 Å². The van der Waals surface area contributed by atoms with Crippen LogP contribution in [0.5, 0.6) is 0 Å². The van der Waals surface area contributed by atoms with E-state index in [9.17, 15) is 13.2 Å². The smallest absolute Gasteiger partial charge is 0.371 e. The molecule has 7 heteroatoms. The number of hydrogen-bond donors (Lipinski definition) is 1. The summed E-state index contributed by atoms with van der Waals surface area (Å²) in [6, 6.07) is 10.9. The first kappa shape index (κ1) is 25.2. The first-order chi connectivity index (χ1) is 13.6. The third-order valence-corrected chi connectivity index (χ3v) is 5.56. The molecule has 1 amide bonds. The van der Waals surface area contributed by atoms with Crippen molar-refractivity contribution in [3.8, 4) is 0 Å². The van der Waals surface area contributed by atoms with E-state index in [1.165, 1.54) is 64.0 Å². The van der Waals surface area contributed by atoms with Gasteiger partial charge in [0.05, 0.1) is 20.6 Å². The van der Waals surface area contributed by atoms with E-state index in [2.05, 4.69) is 55.5 Å². The average molecular weight is 426 g/mol. The molecule has 1 heterocycles. The third kappa shape index (κ3) is 12.3. The van der Waals surface area contributed by atoms with Crippen molar-refractivity contribution in [1.82, 2.24) is 4.72 Å². The maximum absolute atomic E-state index is 10.5. The first-order valence-electron chi connectivity index (χ1n) is 10.4. The molecule has 0 spiro atoms. The van der Waals surface area contributed by atoms with Crippen LogP contribution in [0, 0.1) is 0 Å². The van der Waals surface area contributed by atoms with Crippen molar-refractivity contribution in [3.63, 3.8) is 0 Å². The van der Waals surface area contributed by atoms with Gasteiger partial charge in [-0.25, -0.2) is 4.72 Å². The largest absolute Gasteiger partial charge is 0.409 e. The van der Waals surface area contributed by atoms with Gasteiger partial charge in [-0.2, -0.15) is 8.42 Å². The van der Waals surface area contributed by atoms with Gasteiger partial charge in [-0.05, 0) is 19.8 Å². The van der Waals surface area contributed by atoms with E-state index in [1.54, 1.807) is 4.72 Å². The Morgan fingerprint density at radius 3 is 2.10 bits per heavy atom.